The van der Waals surface area contributed by atoms with Crippen molar-refractivity contribution in [3.8, 4) is 23.0 Å². The van der Waals surface area contributed by atoms with Crippen LogP contribution in [0.3, 0.4) is 0 Å². The number of carbonyl (C=O) groups is 2. The Labute approximate surface area is 173 Å². The summed E-state index contributed by atoms with van der Waals surface area (Å²) < 4.78 is 21.8. The summed E-state index contributed by atoms with van der Waals surface area (Å²) in [5, 5.41) is 2.70. The van der Waals surface area contributed by atoms with Crippen molar-refractivity contribution >= 4 is 17.6 Å². The molecule has 1 N–H and O–H groups in total. The first-order chi connectivity index (χ1) is 14.7. The van der Waals surface area contributed by atoms with E-state index in [0.717, 1.165) is 0 Å². The highest BCUT2D eigenvalue weighted by Crippen LogP contribution is 2.31. The van der Waals surface area contributed by atoms with Gasteiger partial charge in [0.15, 0.2) is 23.9 Å². The van der Waals surface area contributed by atoms with Gasteiger partial charge >= 0.3 is 5.97 Å². The summed E-state index contributed by atoms with van der Waals surface area (Å²) in [4.78, 5) is 24.6. The molecule has 1 amide bonds. The van der Waals surface area contributed by atoms with E-state index in [0.29, 0.717) is 41.9 Å². The SMILES string of the molecule is O=C(COC(=O)c1ccc2c(c1)OCCO2)Nc1ccccc1Oc1ccccc1. The van der Waals surface area contributed by atoms with Gasteiger partial charge in [-0.3, -0.25) is 4.79 Å². The second kappa shape index (κ2) is 9.00. The molecule has 7 heteroatoms. The summed E-state index contributed by atoms with van der Waals surface area (Å²) >= 11 is 0. The van der Waals surface area contributed by atoms with E-state index in [-0.39, 0.29) is 5.56 Å². The van der Waals surface area contributed by atoms with E-state index in [9.17, 15) is 9.59 Å². The van der Waals surface area contributed by atoms with Crippen LogP contribution in [-0.2, 0) is 9.53 Å². The van der Waals surface area contributed by atoms with Gasteiger partial charge in [0.1, 0.15) is 19.0 Å². The molecular formula is C23H19NO6. The number of amides is 1. The van der Waals surface area contributed by atoms with Crippen LogP contribution in [-0.4, -0.2) is 31.7 Å². The van der Waals surface area contributed by atoms with Gasteiger partial charge < -0.3 is 24.3 Å². The fourth-order valence-corrected chi connectivity index (χ4v) is 2.85. The molecule has 152 valence electrons. The Kier molecular flexibility index (Phi) is 5.80. The second-order valence-corrected chi connectivity index (χ2v) is 6.39. The van der Waals surface area contributed by atoms with E-state index in [1.54, 1.807) is 36.4 Å². The van der Waals surface area contributed by atoms with Crippen molar-refractivity contribution in [2.45, 2.75) is 0 Å². The van der Waals surface area contributed by atoms with Crippen LogP contribution in [0.2, 0.25) is 0 Å². The monoisotopic (exact) mass is 405 g/mol. The Hall–Kier alpha value is -4.00. The molecule has 0 atom stereocenters. The Balaban J connectivity index is 1.36. The summed E-state index contributed by atoms with van der Waals surface area (Å²) in [5.74, 6) is 1.07. The molecule has 0 fully saturated rings. The molecule has 3 aromatic rings. The van der Waals surface area contributed by atoms with E-state index in [1.165, 1.54) is 6.07 Å². The van der Waals surface area contributed by atoms with Gasteiger partial charge in [0.25, 0.3) is 5.91 Å². The number of anilines is 1. The minimum atomic E-state index is -0.629. The lowest BCUT2D eigenvalue weighted by Crippen LogP contribution is -2.21. The summed E-state index contributed by atoms with van der Waals surface area (Å²) in [6.45, 7) is 0.442. The Morgan fingerprint density at radius 2 is 1.60 bits per heavy atom. The molecule has 1 aliphatic rings. The molecule has 0 radical (unpaired) electrons. The average molecular weight is 405 g/mol. The average Bonchev–Trinajstić information content (AvgIpc) is 2.79. The highest BCUT2D eigenvalue weighted by molar-refractivity contribution is 5.96. The lowest BCUT2D eigenvalue weighted by Gasteiger charge is -2.18. The fourth-order valence-electron chi connectivity index (χ4n) is 2.85. The molecule has 1 aliphatic heterocycles. The summed E-state index contributed by atoms with van der Waals surface area (Å²) in [5.41, 5.74) is 0.751. The van der Waals surface area contributed by atoms with Gasteiger partial charge in [-0.05, 0) is 42.5 Å². The minimum Gasteiger partial charge on any atom is -0.486 e. The molecule has 0 aliphatic carbocycles. The number of hydrogen-bond acceptors (Lipinski definition) is 6. The third kappa shape index (κ3) is 4.70. The summed E-state index contributed by atoms with van der Waals surface area (Å²) in [7, 11) is 0. The molecule has 0 bridgehead atoms. The molecule has 1 heterocycles. The molecular weight excluding hydrogens is 386 g/mol. The second-order valence-electron chi connectivity index (χ2n) is 6.39. The zero-order valence-corrected chi connectivity index (χ0v) is 16.0. The van der Waals surface area contributed by atoms with Gasteiger partial charge in [-0.25, -0.2) is 4.79 Å². The van der Waals surface area contributed by atoms with Gasteiger partial charge in [0.05, 0.1) is 11.3 Å². The van der Waals surface area contributed by atoms with Crippen LogP contribution >= 0.6 is 0 Å². The van der Waals surface area contributed by atoms with Gasteiger partial charge in [-0.15, -0.1) is 0 Å². The highest BCUT2D eigenvalue weighted by atomic mass is 16.6. The van der Waals surface area contributed by atoms with Gasteiger partial charge in [0, 0.05) is 0 Å². The first-order valence-corrected chi connectivity index (χ1v) is 9.37. The lowest BCUT2D eigenvalue weighted by molar-refractivity contribution is -0.119. The highest BCUT2D eigenvalue weighted by Gasteiger charge is 2.17. The molecule has 0 spiro atoms. The first kappa shape index (κ1) is 19.3. The maximum atomic E-state index is 12.3. The van der Waals surface area contributed by atoms with Gasteiger partial charge in [-0.1, -0.05) is 30.3 Å². The number of carbonyl (C=O) groups excluding carboxylic acids is 2. The molecule has 0 saturated carbocycles. The molecule has 30 heavy (non-hydrogen) atoms. The van der Waals surface area contributed by atoms with E-state index in [4.69, 9.17) is 18.9 Å². The number of para-hydroxylation sites is 3. The third-order valence-corrected chi connectivity index (χ3v) is 4.24. The van der Waals surface area contributed by atoms with E-state index in [2.05, 4.69) is 5.32 Å². The van der Waals surface area contributed by atoms with Crippen molar-refractivity contribution in [3.05, 3.63) is 78.4 Å². The zero-order valence-electron chi connectivity index (χ0n) is 16.0. The van der Waals surface area contributed by atoms with Crippen LogP contribution in [0.5, 0.6) is 23.0 Å². The summed E-state index contributed by atoms with van der Waals surface area (Å²) in [6.07, 6.45) is 0. The van der Waals surface area contributed by atoms with Gasteiger partial charge in [-0.2, -0.15) is 0 Å². The van der Waals surface area contributed by atoms with E-state index in [1.807, 2.05) is 30.3 Å². The van der Waals surface area contributed by atoms with Crippen LogP contribution in [0.4, 0.5) is 5.69 Å². The third-order valence-electron chi connectivity index (χ3n) is 4.24. The lowest BCUT2D eigenvalue weighted by atomic mass is 10.2. The molecule has 7 nitrogen and oxygen atoms in total. The maximum Gasteiger partial charge on any atom is 0.338 e. The smallest absolute Gasteiger partial charge is 0.338 e. The first-order valence-electron chi connectivity index (χ1n) is 9.37. The van der Waals surface area contributed by atoms with Crippen molar-refractivity contribution in [2.75, 3.05) is 25.1 Å². The topological polar surface area (TPSA) is 83.1 Å². The van der Waals surface area contributed by atoms with Crippen molar-refractivity contribution in [1.29, 1.82) is 0 Å². The van der Waals surface area contributed by atoms with Crippen LogP contribution < -0.4 is 19.5 Å². The Morgan fingerprint density at radius 1 is 0.867 bits per heavy atom. The number of fused-ring (bicyclic) bond motifs is 1. The van der Waals surface area contributed by atoms with Crippen molar-refractivity contribution < 1.29 is 28.5 Å². The van der Waals surface area contributed by atoms with Gasteiger partial charge in [0.2, 0.25) is 0 Å². The van der Waals surface area contributed by atoms with Crippen molar-refractivity contribution in [1.82, 2.24) is 0 Å². The van der Waals surface area contributed by atoms with Crippen LogP contribution in [0.15, 0.2) is 72.8 Å². The van der Waals surface area contributed by atoms with E-state index >= 15 is 0 Å². The number of ether oxygens (including phenoxy) is 4. The molecule has 3 aromatic carbocycles. The molecule has 0 saturated heterocycles. The normalized spacial score (nSPS) is 12.0. The van der Waals surface area contributed by atoms with Crippen molar-refractivity contribution in [3.63, 3.8) is 0 Å². The molecule has 0 unspecified atom stereocenters. The molecule has 4 rings (SSSR count). The Morgan fingerprint density at radius 3 is 2.43 bits per heavy atom. The zero-order chi connectivity index (χ0) is 20.8. The predicted octanol–water partition coefficient (Wildman–Crippen LogP) is 4.05. The van der Waals surface area contributed by atoms with E-state index < -0.39 is 18.5 Å². The van der Waals surface area contributed by atoms with Crippen LogP contribution in [0, 0.1) is 0 Å². The van der Waals surface area contributed by atoms with Crippen LogP contribution in [0.1, 0.15) is 10.4 Å². The maximum absolute atomic E-state index is 12.3. The number of esters is 1. The predicted molar refractivity (Wildman–Crippen MR) is 109 cm³/mol. The number of hydrogen-bond donors (Lipinski definition) is 1. The Bertz CT molecular complexity index is 1050. The standard InChI is InChI=1S/C23H19NO6/c25-22(15-29-23(26)16-10-11-20-21(14-16)28-13-12-27-20)24-18-8-4-5-9-19(18)30-17-6-2-1-3-7-17/h1-11,14H,12-13,15H2,(H,24,25). The molecule has 0 aromatic heterocycles. The number of benzene rings is 3. The van der Waals surface area contributed by atoms with Crippen LogP contribution in [0.25, 0.3) is 0 Å². The minimum absolute atomic E-state index is 0.278. The van der Waals surface area contributed by atoms with Crippen molar-refractivity contribution in [2.24, 2.45) is 0 Å². The number of nitrogens with one attached hydrogen (secondary N) is 1. The summed E-state index contributed by atoms with van der Waals surface area (Å²) in [6, 6.07) is 21.0. The largest absolute Gasteiger partial charge is 0.486 e. The quantitative estimate of drug-likeness (QED) is 0.623. The fraction of sp³-hybridized carbons (Fsp3) is 0.130. The number of rotatable bonds is 6.